The number of nitrogens with zero attached hydrogens (tertiary/aromatic N) is 3. The van der Waals surface area contributed by atoms with Crippen LogP contribution in [0, 0.1) is 0 Å². The topological polar surface area (TPSA) is 214 Å². The third-order valence-electron chi connectivity index (χ3n) is 7.66. The third-order valence-corrected chi connectivity index (χ3v) is 7.66. The van der Waals surface area contributed by atoms with Crippen molar-refractivity contribution in [2.24, 2.45) is 27.2 Å². The zero-order chi connectivity index (χ0) is 39.5. The fraction of sp³-hybridized carbons (Fsp3) is 0.394. The molecule has 0 bridgehead atoms. The molecule has 0 saturated heterocycles. The van der Waals surface area contributed by atoms with Crippen molar-refractivity contribution in [2.45, 2.75) is 32.6 Å². The van der Waals surface area contributed by atoms with Crippen LogP contribution < -0.4 is 37.3 Å². The number of aromatic amines is 2. The molecule has 2 heterocycles. The van der Waals surface area contributed by atoms with Gasteiger partial charge in [0.25, 0.3) is 11.8 Å². The molecule has 2 aromatic heterocycles. The number of carbonyl (C=O) groups is 2. The van der Waals surface area contributed by atoms with E-state index in [1.807, 2.05) is 13.8 Å². The number of ether oxygens (including phenoxy) is 2. The molecule has 53 heavy (non-hydrogen) atoms. The number of nitrogens with one attached hydrogen (secondary N) is 4. The monoisotopic (exact) mass is 756 g/mol. The average molecular weight is 757 g/mol. The first-order valence-electron chi connectivity index (χ1n) is 16.2. The molecule has 0 spiro atoms. The second kappa shape index (κ2) is 18.3. The number of hydrogen-bond acceptors (Lipinski definition) is 8. The van der Waals surface area contributed by atoms with Crippen molar-refractivity contribution in [1.29, 1.82) is 0 Å². The highest BCUT2D eigenvalue weighted by molar-refractivity contribution is 6.07. The Hall–Kier alpha value is -5.50. The molecule has 290 valence electrons. The van der Waals surface area contributed by atoms with E-state index in [9.17, 15) is 35.9 Å². The summed E-state index contributed by atoms with van der Waals surface area (Å²) < 4.78 is 91.1. The highest BCUT2D eigenvalue weighted by atomic mass is 19.4. The summed E-state index contributed by atoms with van der Waals surface area (Å²) >= 11 is 0. The zero-order valence-electron chi connectivity index (χ0n) is 29.4. The van der Waals surface area contributed by atoms with Crippen molar-refractivity contribution in [2.75, 3.05) is 53.5 Å². The number of benzene rings is 2. The number of hydrogen-bond donors (Lipinski definition) is 7. The maximum absolute atomic E-state index is 13.5. The zero-order valence-corrected chi connectivity index (χ0v) is 29.4. The van der Waals surface area contributed by atoms with E-state index in [1.54, 1.807) is 0 Å². The Kier molecular flexibility index (Phi) is 14.5. The molecule has 2 aromatic carbocycles. The van der Waals surface area contributed by atoms with E-state index < -0.39 is 35.3 Å². The summed E-state index contributed by atoms with van der Waals surface area (Å²) in [4.78, 5) is 38.8. The predicted molar refractivity (Wildman–Crippen MR) is 189 cm³/mol. The molecule has 2 amide bonds. The number of fused-ring (bicyclic) bond motifs is 2. The van der Waals surface area contributed by atoms with E-state index >= 15 is 0 Å². The normalized spacial score (nSPS) is 12.5. The van der Waals surface area contributed by atoms with Gasteiger partial charge in [0.15, 0.2) is 11.9 Å². The largest absolute Gasteiger partial charge is 0.493 e. The second-order valence-electron chi connectivity index (χ2n) is 11.2. The number of H-pyrrole nitrogens is 2. The maximum atomic E-state index is 13.5. The molecule has 0 unspecified atom stereocenters. The lowest BCUT2D eigenvalue weighted by Crippen LogP contribution is -2.36. The molecule has 4 aromatic rings. The molecule has 0 fully saturated rings. The summed E-state index contributed by atoms with van der Waals surface area (Å²) in [5, 5.41) is 4.25. The van der Waals surface area contributed by atoms with Crippen LogP contribution in [0.1, 0.15) is 52.4 Å². The Labute approximate surface area is 300 Å². The molecule has 0 aliphatic carbocycles. The van der Waals surface area contributed by atoms with Gasteiger partial charge in [0.1, 0.15) is 29.5 Å². The lowest BCUT2D eigenvalue weighted by molar-refractivity contribution is -0.137. The van der Waals surface area contributed by atoms with Crippen molar-refractivity contribution in [3.63, 3.8) is 0 Å². The number of aliphatic imine (C=N–C) groups is 2. The van der Waals surface area contributed by atoms with E-state index in [-0.39, 0.29) is 76.4 Å². The van der Waals surface area contributed by atoms with Crippen LogP contribution in [-0.4, -0.2) is 92.1 Å². The van der Waals surface area contributed by atoms with Crippen molar-refractivity contribution >= 4 is 45.5 Å². The predicted octanol–water partition coefficient (Wildman–Crippen LogP) is 4.17. The SMILES string of the molecule is CCN(CC)CCCOc1cc(C(F)(F)F)c2cc(C(=O)NC(N)=NC)[nH]c2c1.CN=C(N)NC(=O)c1cc2c(C(F)(F)F)cc(OCCN)cc2[nH]1. The van der Waals surface area contributed by atoms with Crippen molar-refractivity contribution in [3.05, 3.63) is 58.9 Å². The summed E-state index contributed by atoms with van der Waals surface area (Å²) in [7, 11) is 2.75. The number of carbonyl (C=O) groups excluding carboxylic acids is 2. The van der Waals surface area contributed by atoms with Gasteiger partial charge < -0.3 is 41.5 Å². The van der Waals surface area contributed by atoms with Crippen LogP contribution in [0.4, 0.5) is 26.3 Å². The van der Waals surface area contributed by atoms with Crippen molar-refractivity contribution < 1.29 is 45.4 Å². The molecule has 0 atom stereocenters. The molecule has 0 radical (unpaired) electrons. The molecule has 4 rings (SSSR count). The van der Waals surface area contributed by atoms with Gasteiger partial charge in [0.05, 0.1) is 28.8 Å². The standard InChI is InChI=1S/C19H26F3N5O2.C14H16F3N5O2/c1-4-27(5-2)7-6-8-29-12-9-14(19(20,21)22)13-11-16(25-15(13)10-12)17(28)26-18(23)24-3;1-20-13(19)22-12(23)11-6-8-9(14(15,16)17)4-7(24-3-2-18)5-10(8)21-11/h9-11,25H,4-8H2,1-3H3,(H3,23,24,26,28);4-6,21H,2-3,18H2,1H3,(H3,19,20,22,23). The van der Waals surface area contributed by atoms with Crippen LogP contribution >= 0.6 is 0 Å². The lowest BCUT2D eigenvalue weighted by Gasteiger charge is -2.18. The maximum Gasteiger partial charge on any atom is 0.417 e. The van der Waals surface area contributed by atoms with E-state index in [0.29, 0.717) is 6.42 Å². The van der Waals surface area contributed by atoms with E-state index in [1.165, 1.54) is 26.2 Å². The molecule has 0 aliphatic rings. The van der Waals surface area contributed by atoms with Gasteiger partial charge in [0.2, 0.25) is 0 Å². The first kappa shape index (κ1) is 41.9. The summed E-state index contributed by atoms with van der Waals surface area (Å²) in [6.07, 6.45) is -8.52. The van der Waals surface area contributed by atoms with E-state index in [0.717, 1.165) is 43.9 Å². The minimum Gasteiger partial charge on any atom is -0.493 e. The summed E-state index contributed by atoms with van der Waals surface area (Å²) in [5.74, 6) is -1.58. The van der Waals surface area contributed by atoms with Crippen LogP contribution in [0.25, 0.3) is 21.8 Å². The number of rotatable bonds is 12. The number of nitrogens with two attached hydrogens (primary N) is 3. The highest BCUT2D eigenvalue weighted by Crippen LogP contribution is 2.39. The lowest BCUT2D eigenvalue weighted by atomic mass is 10.1. The Balaban J connectivity index is 0.000000290. The van der Waals surface area contributed by atoms with Gasteiger partial charge in [-0.2, -0.15) is 26.3 Å². The van der Waals surface area contributed by atoms with Crippen LogP contribution in [0.5, 0.6) is 11.5 Å². The van der Waals surface area contributed by atoms with Crippen LogP contribution in [0.2, 0.25) is 0 Å². The van der Waals surface area contributed by atoms with Gasteiger partial charge in [-0.25, -0.2) is 0 Å². The molecule has 10 N–H and O–H groups in total. The first-order valence-corrected chi connectivity index (χ1v) is 16.2. The number of halogens is 6. The average Bonchev–Trinajstić information content (AvgIpc) is 3.74. The summed E-state index contributed by atoms with van der Waals surface area (Å²) in [6.45, 7) is 7.22. The van der Waals surface area contributed by atoms with Crippen molar-refractivity contribution in [3.8, 4) is 11.5 Å². The summed E-state index contributed by atoms with van der Waals surface area (Å²) in [5.41, 5.74) is 14.4. The number of guanidine groups is 2. The number of alkyl halides is 6. The molecule has 14 nitrogen and oxygen atoms in total. The Morgan fingerprint density at radius 1 is 0.736 bits per heavy atom. The Morgan fingerprint density at radius 2 is 1.15 bits per heavy atom. The molecule has 0 aliphatic heterocycles. The fourth-order valence-corrected chi connectivity index (χ4v) is 4.98. The minimum atomic E-state index is -4.61. The molecular formula is C33H42F6N10O4. The summed E-state index contributed by atoms with van der Waals surface area (Å²) in [6, 6.07) is 6.89. The van der Waals surface area contributed by atoms with Gasteiger partial charge in [-0.05, 0) is 43.8 Å². The fourth-order valence-electron chi connectivity index (χ4n) is 4.98. The second-order valence-corrected chi connectivity index (χ2v) is 11.2. The van der Waals surface area contributed by atoms with Crippen molar-refractivity contribution in [1.82, 2.24) is 25.5 Å². The number of aromatic nitrogens is 2. The molecular weight excluding hydrogens is 714 g/mol. The minimum absolute atomic E-state index is 0.00344. The van der Waals surface area contributed by atoms with Crippen LogP contribution in [0.15, 0.2) is 46.4 Å². The Morgan fingerprint density at radius 3 is 1.51 bits per heavy atom. The van der Waals surface area contributed by atoms with Gasteiger partial charge in [-0.3, -0.25) is 30.2 Å². The highest BCUT2D eigenvalue weighted by Gasteiger charge is 2.35. The van der Waals surface area contributed by atoms with Crippen LogP contribution in [0.3, 0.4) is 0 Å². The first-order chi connectivity index (χ1) is 24.9. The van der Waals surface area contributed by atoms with Gasteiger partial charge in [-0.1, -0.05) is 13.8 Å². The molecule has 0 saturated carbocycles. The van der Waals surface area contributed by atoms with Crippen LogP contribution in [-0.2, 0) is 12.4 Å². The van der Waals surface area contributed by atoms with E-state index in [4.69, 9.17) is 26.7 Å². The third kappa shape index (κ3) is 11.5. The van der Waals surface area contributed by atoms with Gasteiger partial charge in [-0.15, -0.1) is 0 Å². The number of amides is 2. The molecule has 20 heteroatoms. The van der Waals surface area contributed by atoms with E-state index in [2.05, 4.69) is 35.5 Å². The quantitative estimate of drug-likeness (QED) is 0.0481. The smallest absolute Gasteiger partial charge is 0.417 e. The Bertz CT molecular complexity index is 1930. The van der Waals surface area contributed by atoms with Gasteiger partial charge >= 0.3 is 12.4 Å². The van der Waals surface area contributed by atoms with Gasteiger partial charge in [0, 0.05) is 50.1 Å².